The van der Waals surface area contributed by atoms with Crippen molar-refractivity contribution in [2.75, 3.05) is 5.32 Å². The van der Waals surface area contributed by atoms with Crippen molar-refractivity contribution in [3.63, 3.8) is 0 Å². The molecule has 144 valence electrons. The van der Waals surface area contributed by atoms with Crippen LogP contribution >= 0.6 is 23.2 Å². The summed E-state index contributed by atoms with van der Waals surface area (Å²) >= 11 is 12.5. The maximum absolute atomic E-state index is 13.2. The van der Waals surface area contributed by atoms with Crippen molar-refractivity contribution in [1.82, 2.24) is 0 Å². The number of hydrogen-bond acceptors (Lipinski definition) is 2. The summed E-state index contributed by atoms with van der Waals surface area (Å²) in [6.07, 6.45) is 4.70. The van der Waals surface area contributed by atoms with Crippen LogP contribution in [0.1, 0.15) is 51.5 Å². The molecule has 0 spiro atoms. The second-order valence-corrected chi connectivity index (χ2v) is 8.07. The van der Waals surface area contributed by atoms with Gasteiger partial charge in [0.2, 0.25) is 5.91 Å². The first kappa shape index (κ1) is 20.0. The first-order valence-electron chi connectivity index (χ1n) is 9.48. The Balaban J connectivity index is 1.80. The highest BCUT2D eigenvalue weighted by molar-refractivity contribution is 6.35. The number of rotatable bonds is 6. The number of amides is 1. The average Bonchev–Trinajstić information content (AvgIpc) is 3.14. The van der Waals surface area contributed by atoms with E-state index in [2.05, 4.69) is 12.2 Å². The molecule has 1 atom stereocenters. The number of benzene rings is 2. The monoisotopic (exact) mass is 405 g/mol. The van der Waals surface area contributed by atoms with Gasteiger partial charge in [-0.25, -0.2) is 0 Å². The van der Waals surface area contributed by atoms with Crippen LogP contribution in [-0.2, 0) is 10.2 Å². The first-order valence-corrected chi connectivity index (χ1v) is 10.2. The van der Waals surface area contributed by atoms with Crippen molar-refractivity contribution < 1.29 is 9.53 Å². The van der Waals surface area contributed by atoms with Gasteiger partial charge < -0.3 is 10.1 Å². The second-order valence-electron chi connectivity index (χ2n) is 7.23. The Morgan fingerprint density at radius 1 is 1.15 bits per heavy atom. The maximum Gasteiger partial charge on any atom is 0.235 e. The van der Waals surface area contributed by atoms with Gasteiger partial charge in [0.05, 0.1) is 11.5 Å². The fraction of sp³-hybridized carbons (Fsp3) is 0.409. The molecule has 1 saturated carbocycles. The van der Waals surface area contributed by atoms with Crippen molar-refractivity contribution in [2.45, 2.75) is 57.5 Å². The summed E-state index contributed by atoms with van der Waals surface area (Å²) in [5.41, 5.74) is 1.02. The SMILES string of the molecule is CC[C@H](C)Oc1ccc(NC(=O)C2(c3ccc(Cl)cc3Cl)CCCC2)cc1. The summed E-state index contributed by atoms with van der Waals surface area (Å²) < 4.78 is 5.80. The largest absolute Gasteiger partial charge is 0.491 e. The van der Waals surface area contributed by atoms with Gasteiger partial charge in [-0.05, 0) is 68.1 Å². The third-order valence-electron chi connectivity index (χ3n) is 5.36. The Labute approximate surface area is 171 Å². The van der Waals surface area contributed by atoms with E-state index in [-0.39, 0.29) is 12.0 Å². The molecular weight excluding hydrogens is 381 g/mol. The van der Waals surface area contributed by atoms with Crippen LogP contribution in [0.3, 0.4) is 0 Å². The Hall–Kier alpha value is -1.71. The standard InChI is InChI=1S/C22H25Cl2NO2/c1-3-15(2)27-18-9-7-17(8-10-18)25-21(26)22(12-4-5-13-22)19-11-6-16(23)14-20(19)24/h6-11,14-15H,3-5,12-13H2,1-2H3,(H,25,26)/t15-/m0/s1. The van der Waals surface area contributed by atoms with Crippen LogP contribution in [0.5, 0.6) is 5.75 Å². The zero-order chi connectivity index (χ0) is 19.4. The van der Waals surface area contributed by atoms with Crippen molar-refractivity contribution in [3.05, 3.63) is 58.1 Å². The lowest BCUT2D eigenvalue weighted by Crippen LogP contribution is -2.38. The second kappa shape index (κ2) is 8.53. The predicted molar refractivity (Wildman–Crippen MR) is 112 cm³/mol. The number of hydrogen-bond donors (Lipinski definition) is 1. The number of nitrogens with one attached hydrogen (secondary N) is 1. The van der Waals surface area contributed by atoms with Crippen molar-refractivity contribution >= 4 is 34.8 Å². The van der Waals surface area contributed by atoms with Gasteiger partial charge in [0.1, 0.15) is 5.75 Å². The van der Waals surface area contributed by atoms with E-state index in [0.717, 1.165) is 49.1 Å². The number of ether oxygens (including phenoxy) is 1. The normalized spacial score (nSPS) is 16.7. The van der Waals surface area contributed by atoms with Gasteiger partial charge in [-0.1, -0.05) is 49.0 Å². The summed E-state index contributed by atoms with van der Waals surface area (Å²) in [5.74, 6) is 0.790. The topological polar surface area (TPSA) is 38.3 Å². The number of anilines is 1. The summed E-state index contributed by atoms with van der Waals surface area (Å²) in [6, 6.07) is 12.9. The first-order chi connectivity index (χ1) is 12.9. The van der Waals surface area contributed by atoms with Gasteiger partial charge in [0.25, 0.3) is 0 Å². The van der Waals surface area contributed by atoms with Crippen LogP contribution in [0.4, 0.5) is 5.69 Å². The number of carbonyl (C=O) groups excluding carboxylic acids is 1. The molecule has 1 N–H and O–H groups in total. The lowest BCUT2D eigenvalue weighted by atomic mass is 9.78. The van der Waals surface area contributed by atoms with E-state index in [1.807, 2.05) is 37.3 Å². The Kier molecular flexibility index (Phi) is 6.33. The van der Waals surface area contributed by atoms with Crippen LogP contribution < -0.4 is 10.1 Å². The zero-order valence-electron chi connectivity index (χ0n) is 15.7. The minimum absolute atomic E-state index is 0.0141. The van der Waals surface area contributed by atoms with Crippen molar-refractivity contribution in [1.29, 1.82) is 0 Å². The van der Waals surface area contributed by atoms with Gasteiger partial charge in [0.15, 0.2) is 0 Å². The minimum Gasteiger partial charge on any atom is -0.491 e. The molecule has 0 bridgehead atoms. The average molecular weight is 406 g/mol. The molecule has 1 amide bonds. The van der Waals surface area contributed by atoms with E-state index < -0.39 is 5.41 Å². The predicted octanol–water partition coefficient (Wildman–Crippen LogP) is 6.62. The molecule has 3 nitrogen and oxygen atoms in total. The van der Waals surface area contributed by atoms with Gasteiger partial charge in [0, 0.05) is 15.7 Å². The molecule has 1 aliphatic rings. The van der Waals surface area contributed by atoms with E-state index in [0.29, 0.717) is 10.0 Å². The number of carbonyl (C=O) groups is 1. The van der Waals surface area contributed by atoms with Crippen LogP contribution in [0.25, 0.3) is 0 Å². The Bertz CT molecular complexity index is 798. The fourth-order valence-electron chi connectivity index (χ4n) is 3.66. The quantitative estimate of drug-likeness (QED) is 0.585. The summed E-state index contributed by atoms with van der Waals surface area (Å²) in [6.45, 7) is 4.12. The Morgan fingerprint density at radius 2 is 1.81 bits per heavy atom. The van der Waals surface area contributed by atoms with Gasteiger partial charge in [-0.2, -0.15) is 0 Å². The van der Waals surface area contributed by atoms with Crippen LogP contribution in [-0.4, -0.2) is 12.0 Å². The molecule has 0 unspecified atom stereocenters. The van der Waals surface area contributed by atoms with Crippen molar-refractivity contribution in [3.8, 4) is 5.75 Å². The molecule has 0 aliphatic heterocycles. The highest BCUT2D eigenvalue weighted by atomic mass is 35.5. The molecule has 0 radical (unpaired) electrons. The van der Waals surface area contributed by atoms with E-state index in [1.165, 1.54) is 0 Å². The van der Waals surface area contributed by atoms with Crippen LogP contribution in [0.15, 0.2) is 42.5 Å². The molecule has 0 aromatic heterocycles. The van der Waals surface area contributed by atoms with E-state index in [9.17, 15) is 4.79 Å². The molecule has 2 aromatic carbocycles. The molecule has 3 rings (SSSR count). The van der Waals surface area contributed by atoms with Crippen molar-refractivity contribution in [2.24, 2.45) is 0 Å². The molecule has 2 aromatic rings. The fourth-order valence-corrected chi connectivity index (χ4v) is 4.25. The van der Waals surface area contributed by atoms with Crippen LogP contribution in [0.2, 0.25) is 10.0 Å². The lowest BCUT2D eigenvalue weighted by molar-refractivity contribution is -0.121. The van der Waals surface area contributed by atoms with E-state index in [4.69, 9.17) is 27.9 Å². The molecule has 0 saturated heterocycles. The molecular formula is C22H25Cl2NO2. The van der Waals surface area contributed by atoms with E-state index >= 15 is 0 Å². The maximum atomic E-state index is 13.2. The number of halogens is 2. The minimum atomic E-state index is -0.604. The van der Waals surface area contributed by atoms with Gasteiger partial charge in [-0.15, -0.1) is 0 Å². The summed E-state index contributed by atoms with van der Waals surface area (Å²) in [4.78, 5) is 13.2. The zero-order valence-corrected chi connectivity index (χ0v) is 17.2. The lowest BCUT2D eigenvalue weighted by Gasteiger charge is -2.29. The highest BCUT2D eigenvalue weighted by Gasteiger charge is 2.44. The Morgan fingerprint density at radius 3 is 2.41 bits per heavy atom. The molecule has 5 heteroatoms. The van der Waals surface area contributed by atoms with Gasteiger partial charge in [-0.3, -0.25) is 4.79 Å². The van der Waals surface area contributed by atoms with Gasteiger partial charge >= 0.3 is 0 Å². The summed E-state index contributed by atoms with van der Waals surface area (Å²) in [5, 5.41) is 4.20. The third kappa shape index (κ3) is 4.41. The molecule has 1 fully saturated rings. The van der Waals surface area contributed by atoms with E-state index in [1.54, 1.807) is 12.1 Å². The smallest absolute Gasteiger partial charge is 0.235 e. The highest BCUT2D eigenvalue weighted by Crippen LogP contribution is 2.45. The molecule has 1 aliphatic carbocycles. The van der Waals surface area contributed by atoms with Crippen LogP contribution in [0, 0.1) is 0 Å². The summed E-state index contributed by atoms with van der Waals surface area (Å²) in [7, 11) is 0. The third-order valence-corrected chi connectivity index (χ3v) is 5.91. The molecule has 0 heterocycles. The molecule has 27 heavy (non-hydrogen) atoms.